The average molecular weight is 569 g/mol. The van der Waals surface area contributed by atoms with Crippen LogP contribution in [0.25, 0.3) is 5.57 Å². The summed E-state index contributed by atoms with van der Waals surface area (Å²) in [6.45, 7) is 11.4. The monoisotopic (exact) mass is 568 g/mol. The number of alkyl halides is 3. The van der Waals surface area contributed by atoms with Crippen LogP contribution >= 0.6 is 0 Å². The second-order valence-corrected chi connectivity index (χ2v) is 19.0. The summed E-state index contributed by atoms with van der Waals surface area (Å²) < 4.78 is 46.6. The molecule has 4 aliphatic rings. The Morgan fingerprint density at radius 3 is 2.15 bits per heavy atom. The summed E-state index contributed by atoms with van der Waals surface area (Å²) in [6, 6.07) is 11.7. The largest absolute Gasteiger partial charge is 0.543 e. The Labute approximate surface area is 238 Å². The van der Waals surface area contributed by atoms with Crippen LogP contribution in [-0.4, -0.2) is 14.6 Å². The number of hydrogen-bond donors (Lipinski definition) is 0. The van der Waals surface area contributed by atoms with Crippen LogP contribution in [0.4, 0.5) is 13.2 Å². The molecule has 0 spiro atoms. The van der Waals surface area contributed by atoms with Crippen molar-refractivity contribution in [1.82, 2.24) is 0 Å². The van der Waals surface area contributed by atoms with Gasteiger partial charge in [-0.05, 0) is 128 Å². The van der Waals surface area contributed by atoms with Gasteiger partial charge >= 0.3 is 6.18 Å². The van der Waals surface area contributed by atoms with Crippen LogP contribution < -0.4 is 4.43 Å². The Balaban J connectivity index is 1.42. The molecule has 2 aromatic rings. The van der Waals surface area contributed by atoms with Gasteiger partial charge in [-0.2, -0.15) is 13.2 Å². The Hall–Kier alpha value is -2.34. The summed E-state index contributed by atoms with van der Waals surface area (Å²) >= 11 is 0. The highest BCUT2D eigenvalue weighted by Crippen LogP contribution is 2.62. The number of halogens is 3. The number of carbonyl (C=O) groups excluding carboxylic acids is 1. The maximum atomic E-state index is 13.2. The number of benzene rings is 2. The molecule has 216 valence electrons. The summed E-state index contributed by atoms with van der Waals surface area (Å²) in [6.07, 6.45) is 7.21. The molecule has 0 N–H and O–H groups in total. The molecule has 0 heterocycles. The van der Waals surface area contributed by atoms with E-state index in [-0.39, 0.29) is 16.0 Å². The number of rotatable bonds is 8. The van der Waals surface area contributed by atoms with Crippen molar-refractivity contribution in [1.29, 1.82) is 0 Å². The molecule has 2 aromatic carbocycles. The normalized spacial score (nSPS) is 26.7. The molecule has 0 radical (unpaired) electrons. The minimum absolute atomic E-state index is 0.0777. The van der Waals surface area contributed by atoms with Crippen LogP contribution in [0.3, 0.4) is 0 Å². The number of allylic oxidation sites excluding steroid dienone is 2. The smallest absolute Gasteiger partial charge is 0.416 e. The quantitative estimate of drug-likeness (QED) is 0.180. The Bertz CT molecular complexity index is 1250. The third kappa shape index (κ3) is 5.84. The van der Waals surface area contributed by atoms with E-state index in [1.807, 2.05) is 0 Å². The summed E-state index contributed by atoms with van der Waals surface area (Å²) in [5.41, 5.74) is 2.59. The average Bonchev–Trinajstić information content (AvgIpc) is 2.84. The molecule has 0 aromatic heterocycles. The van der Waals surface area contributed by atoms with Crippen molar-refractivity contribution in [2.45, 2.75) is 102 Å². The van der Waals surface area contributed by atoms with Gasteiger partial charge in [0.15, 0.2) is 0 Å². The Morgan fingerprint density at radius 2 is 1.60 bits per heavy atom. The summed E-state index contributed by atoms with van der Waals surface area (Å²) in [5, 5.41) is 0.0777. The lowest BCUT2D eigenvalue weighted by molar-refractivity contribution is -0.137. The highest BCUT2D eigenvalue weighted by atomic mass is 28.4. The second kappa shape index (κ2) is 10.5. The van der Waals surface area contributed by atoms with Gasteiger partial charge in [0.2, 0.25) is 8.32 Å². The molecule has 0 aliphatic heterocycles. The number of aldehydes is 1. The predicted molar refractivity (Wildman–Crippen MR) is 158 cm³/mol. The zero-order valence-electron chi connectivity index (χ0n) is 24.5. The molecule has 0 amide bonds. The molecular weight excluding hydrogens is 525 g/mol. The standard InChI is InChI=1S/C34H43F3O2Si/c1-32(2,3)40(4,5)39-31-17-23(8-6-10-28(22-38)27-9-7-11-29(18-27)34(35,36)37)12-13-30(31)33-19-24-14-25(20-33)16-26(15-24)21-33/h7,9-13,17-18,22,24-26H,6,8,14-16,19-21H2,1-5H3/b28-10+. The minimum Gasteiger partial charge on any atom is -0.543 e. The molecule has 4 fully saturated rings. The van der Waals surface area contributed by atoms with Crippen molar-refractivity contribution in [3.05, 3.63) is 70.8 Å². The zero-order chi connectivity index (χ0) is 28.9. The molecule has 0 unspecified atom stereocenters. The molecule has 40 heavy (non-hydrogen) atoms. The molecule has 2 nitrogen and oxygen atoms in total. The third-order valence-corrected chi connectivity index (χ3v) is 14.6. The lowest BCUT2D eigenvalue weighted by Crippen LogP contribution is -2.49. The van der Waals surface area contributed by atoms with Crippen molar-refractivity contribution in [2.24, 2.45) is 17.8 Å². The first kappa shape index (κ1) is 29.2. The van der Waals surface area contributed by atoms with Gasteiger partial charge < -0.3 is 4.43 Å². The fraction of sp³-hybridized carbons (Fsp3) is 0.559. The van der Waals surface area contributed by atoms with E-state index >= 15 is 0 Å². The summed E-state index contributed by atoms with van der Waals surface area (Å²) in [5.74, 6) is 3.57. The zero-order valence-corrected chi connectivity index (χ0v) is 25.5. The molecular formula is C34H43F3O2Si. The third-order valence-electron chi connectivity index (χ3n) is 10.3. The first-order valence-electron chi connectivity index (χ1n) is 14.8. The van der Waals surface area contributed by atoms with Crippen LogP contribution in [0.1, 0.15) is 88.0 Å². The van der Waals surface area contributed by atoms with E-state index in [9.17, 15) is 18.0 Å². The van der Waals surface area contributed by atoms with Crippen LogP contribution in [-0.2, 0) is 22.8 Å². The van der Waals surface area contributed by atoms with Gasteiger partial charge in [0.1, 0.15) is 12.0 Å². The lowest BCUT2D eigenvalue weighted by atomic mass is 9.48. The van der Waals surface area contributed by atoms with Crippen molar-refractivity contribution in [3.63, 3.8) is 0 Å². The summed E-state index contributed by atoms with van der Waals surface area (Å²) in [4.78, 5) is 11.8. The molecule has 4 aliphatic carbocycles. The van der Waals surface area contributed by atoms with E-state index in [0.29, 0.717) is 24.7 Å². The number of carbonyl (C=O) groups is 1. The van der Waals surface area contributed by atoms with Gasteiger partial charge in [-0.1, -0.05) is 51.1 Å². The van der Waals surface area contributed by atoms with Crippen LogP contribution in [0.15, 0.2) is 48.5 Å². The van der Waals surface area contributed by atoms with Crippen molar-refractivity contribution in [2.75, 3.05) is 0 Å². The van der Waals surface area contributed by atoms with Gasteiger partial charge in [0, 0.05) is 5.57 Å². The second-order valence-electron chi connectivity index (χ2n) is 14.3. The van der Waals surface area contributed by atoms with Crippen molar-refractivity contribution < 1.29 is 22.4 Å². The Morgan fingerprint density at radius 1 is 0.975 bits per heavy atom. The molecule has 6 rings (SSSR count). The van der Waals surface area contributed by atoms with Crippen LogP contribution in [0.2, 0.25) is 18.1 Å². The fourth-order valence-electron chi connectivity index (χ4n) is 7.62. The molecule has 6 heteroatoms. The maximum absolute atomic E-state index is 13.2. The Kier molecular flexibility index (Phi) is 7.65. The van der Waals surface area contributed by atoms with Gasteiger partial charge in [-0.15, -0.1) is 0 Å². The van der Waals surface area contributed by atoms with E-state index < -0.39 is 20.1 Å². The minimum atomic E-state index is -4.44. The molecule has 4 saturated carbocycles. The van der Waals surface area contributed by atoms with Crippen molar-refractivity contribution >= 4 is 20.2 Å². The van der Waals surface area contributed by atoms with E-state index in [4.69, 9.17) is 4.43 Å². The number of aryl methyl sites for hydroxylation is 1. The van der Waals surface area contributed by atoms with Crippen LogP contribution in [0, 0.1) is 17.8 Å². The van der Waals surface area contributed by atoms with E-state index in [2.05, 4.69) is 52.1 Å². The topological polar surface area (TPSA) is 26.3 Å². The SMILES string of the molecule is CC(C)(C)[Si](C)(C)Oc1cc(CC/C=C(\C=O)c2cccc(C(F)(F)F)c2)ccc1C12CC3CC(CC(C3)C1)C2. The maximum Gasteiger partial charge on any atom is 0.416 e. The molecule has 0 saturated heterocycles. The van der Waals surface area contributed by atoms with Crippen LogP contribution in [0.5, 0.6) is 5.75 Å². The fourth-order valence-corrected chi connectivity index (χ4v) is 8.64. The van der Waals surface area contributed by atoms with Crippen molar-refractivity contribution in [3.8, 4) is 5.75 Å². The molecule has 0 atom stereocenters. The highest BCUT2D eigenvalue weighted by Gasteiger charge is 2.53. The number of hydrogen-bond acceptors (Lipinski definition) is 2. The first-order valence-corrected chi connectivity index (χ1v) is 17.8. The van der Waals surface area contributed by atoms with E-state index in [1.54, 1.807) is 12.1 Å². The lowest BCUT2D eigenvalue weighted by Gasteiger charge is -2.57. The predicted octanol–water partition coefficient (Wildman–Crippen LogP) is 9.77. The molecule has 4 bridgehead atoms. The highest BCUT2D eigenvalue weighted by molar-refractivity contribution is 6.74. The first-order chi connectivity index (χ1) is 18.7. The summed E-state index contributed by atoms with van der Waals surface area (Å²) in [7, 11) is -2.08. The van der Waals surface area contributed by atoms with Gasteiger partial charge in [-0.25, -0.2) is 0 Å². The van der Waals surface area contributed by atoms with E-state index in [1.165, 1.54) is 50.2 Å². The van der Waals surface area contributed by atoms with Gasteiger partial charge in [0.25, 0.3) is 0 Å². The van der Waals surface area contributed by atoms with E-state index in [0.717, 1.165) is 41.2 Å². The van der Waals surface area contributed by atoms with Gasteiger partial charge in [0.05, 0.1) is 5.56 Å². The van der Waals surface area contributed by atoms with Gasteiger partial charge in [-0.3, -0.25) is 4.79 Å².